The fourth-order valence-electron chi connectivity index (χ4n) is 2.62. The predicted octanol–water partition coefficient (Wildman–Crippen LogP) is 2.53. The third-order valence-corrected chi connectivity index (χ3v) is 3.90. The number of hydrogen-bond donors (Lipinski definition) is 1. The molecule has 1 aromatic carbocycles. The van der Waals surface area contributed by atoms with Crippen LogP contribution in [0.1, 0.15) is 50.5 Å². The number of rotatable bonds is 7. The number of aliphatic hydroxyl groups is 1. The normalized spacial score (nSPS) is 14.1. The molecule has 0 amide bonds. The van der Waals surface area contributed by atoms with Gasteiger partial charge in [0.05, 0.1) is 12.2 Å². The van der Waals surface area contributed by atoms with Crippen molar-refractivity contribution < 1.29 is 24.2 Å². The molecule has 0 radical (unpaired) electrons. The minimum atomic E-state index is -0.508. The van der Waals surface area contributed by atoms with E-state index in [4.69, 9.17) is 9.84 Å². The second-order valence-electron chi connectivity index (χ2n) is 5.73. The first-order valence-electron chi connectivity index (χ1n) is 10.0. The highest BCUT2D eigenvalue weighted by Gasteiger charge is 2.17. The third kappa shape index (κ3) is 10.4. The summed E-state index contributed by atoms with van der Waals surface area (Å²) in [7, 11) is 0. The molecule has 1 aliphatic rings. The quantitative estimate of drug-likeness (QED) is 0.560. The lowest BCUT2D eigenvalue weighted by Gasteiger charge is -2.34. The van der Waals surface area contributed by atoms with E-state index in [0.717, 1.165) is 44.8 Å². The largest absolute Gasteiger partial charge is 0.428 e. The molecule has 1 aliphatic heterocycles. The Morgan fingerprint density at radius 3 is 2.18 bits per heavy atom. The Kier molecular flexibility index (Phi) is 14.9. The van der Waals surface area contributed by atoms with Crippen LogP contribution in [0.25, 0.3) is 0 Å². The molecule has 0 spiro atoms. The molecule has 1 saturated heterocycles. The molecule has 0 aliphatic carbocycles. The highest BCUT2D eigenvalue weighted by atomic mass is 16.7. The van der Waals surface area contributed by atoms with Crippen LogP contribution in [-0.2, 0) is 20.8 Å². The molecule has 7 heteroatoms. The van der Waals surface area contributed by atoms with Gasteiger partial charge in [0.1, 0.15) is 0 Å². The maximum atomic E-state index is 11.9. The number of aliphatic hydroxyl groups excluding tert-OH is 1. The molecule has 0 bridgehead atoms. The first-order valence-corrected chi connectivity index (χ1v) is 10.0. The van der Waals surface area contributed by atoms with Gasteiger partial charge in [-0.3, -0.25) is 14.6 Å². The number of esters is 2. The van der Waals surface area contributed by atoms with Crippen LogP contribution in [0, 0.1) is 0 Å². The van der Waals surface area contributed by atoms with E-state index >= 15 is 0 Å². The summed E-state index contributed by atoms with van der Waals surface area (Å²) in [5.41, 5.74) is 1.48. The maximum absolute atomic E-state index is 11.9. The minimum Gasteiger partial charge on any atom is -0.428 e. The number of ether oxygens (including phenoxy) is 2. The average Bonchev–Trinajstić information content (AvgIpc) is 2.72. The van der Waals surface area contributed by atoms with Crippen LogP contribution < -0.4 is 0 Å². The van der Waals surface area contributed by atoms with Crippen LogP contribution in [-0.4, -0.2) is 73.0 Å². The molecule has 160 valence electrons. The van der Waals surface area contributed by atoms with Gasteiger partial charge in [-0.05, 0) is 17.7 Å². The van der Waals surface area contributed by atoms with Gasteiger partial charge in [-0.25, -0.2) is 4.79 Å². The topological polar surface area (TPSA) is 79.3 Å². The fraction of sp³-hybridized carbons (Fsp3) is 0.619. The Hall–Kier alpha value is -1.96. The van der Waals surface area contributed by atoms with Gasteiger partial charge < -0.3 is 14.6 Å². The lowest BCUT2D eigenvalue weighted by atomic mass is 10.1. The Balaban J connectivity index is 0.00000171. The molecule has 7 nitrogen and oxygen atoms in total. The minimum absolute atomic E-state index is 0.192. The molecule has 0 atom stereocenters. The fourth-order valence-corrected chi connectivity index (χ4v) is 2.62. The Labute approximate surface area is 169 Å². The molecule has 0 unspecified atom stereocenters. The Bertz CT molecular complexity index is 557. The predicted molar refractivity (Wildman–Crippen MR) is 110 cm³/mol. The lowest BCUT2D eigenvalue weighted by molar-refractivity contribution is -0.149. The second-order valence-corrected chi connectivity index (χ2v) is 5.73. The molecule has 1 aromatic rings. The molecule has 1 heterocycles. The van der Waals surface area contributed by atoms with Gasteiger partial charge in [0, 0.05) is 46.2 Å². The van der Waals surface area contributed by atoms with Crippen molar-refractivity contribution in [2.75, 3.05) is 46.1 Å². The standard InChI is InChI=1S/C17H24N2O5.2C2H6/c1-14(21)23-13-24-17(22)16-4-2-3-15(11-16)12-19-7-5-18(6-8-19)9-10-20;2*1-2/h2-4,11,20H,5-10,12-13H2,1H3;2*1-2H3. The van der Waals surface area contributed by atoms with Crippen LogP contribution in [0.2, 0.25) is 0 Å². The number of piperazine rings is 1. The van der Waals surface area contributed by atoms with Crippen molar-refractivity contribution in [2.24, 2.45) is 0 Å². The summed E-state index contributed by atoms with van der Waals surface area (Å²) in [6, 6.07) is 7.28. The van der Waals surface area contributed by atoms with E-state index in [9.17, 15) is 9.59 Å². The number of carbonyl (C=O) groups is 2. The summed E-state index contributed by atoms with van der Waals surface area (Å²) < 4.78 is 9.50. The van der Waals surface area contributed by atoms with Crippen molar-refractivity contribution in [3.05, 3.63) is 35.4 Å². The number of nitrogens with zero attached hydrogens (tertiary/aromatic N) is 2. The summed E-state index contributed by atoms with van der Waals surface area (Å²) in [4.78, 5) is 27.1. The van der Waals surface area contributed by atoms with Gasteiger partial charge in [0.15, 0.2) is 0 Å². The SMILES string of the molecule is CC.CC.CC(=O)OCOC(=O)c1cccc(CN2CCN(CCO)CC2)c1. The summed E-state index contributed by atoms with van der Waals surface area (Å²) in [6.45, 7) is 14.3. The van der Waals surface area contributed by atoms with Crippen molar-refractivity contribution in [1.82, 2.24) is 9.80 Å². The van der Waals surface area contributed by atoms with Gasteiger partial charge in [-0.1, -0.05) is 39.8 Å². The molecule has 1 N–H and O–H groups in total. The van der Waals surface area contributed by atoms with Gasteiger partial charge >= 0.3 is 11.9 Å². The number of benzene rings is 1. The van der Waals surface area contributed by atoms with Crippen LogP contribution in [0.3, 0.4) is 0 Å². The van der Waals surface area contributed by atoms with Crippen molar-refractivity contribution in [1.29, 1.82) is 0 Å². The lowest BCUT2D eigenvalue weighted by Crippen LogP contribution is -2.46. The average molecular weight is 397 g/mol. The van der Waals surface area contributed by atoms with Gasteiger partial charge in [-0.2, -0.15) is 0 Å². The van der Waals surface area contributed by atoms with Crippen molar-refractivity contribution in [3.63, 3.8) is 0 Å². The maximum Gasteiger partial charge on any atom is 0.341 e. The molecule has 0 aromatic heterocycles. The Morgan fingerprint density at radius 2 is 1.61 bits per heavy atom. The zero-order chi connectivity index (χ0) is 21.4. The van der Waals surface area contributed by atoms with Gasteiger partial charge in [-0.15, -0.1) is 0 Å². The number of carbonyl (C=O) groups excluding carboxylic acids is 2. The third-order valence-electron chi connectivity index (χ3n) is 3.90. The number of β-amino-alcohol motifs (C(OH)–C–C–N with tert-alkyl or cyclic N) is 1. The van der Waals surface area contributed by atoms with Crippen molar-refractivity contribution >= 4 is 11.9 Å². The van der Waals surface area contributed by atoms with E-state index in [1.807, 2.05) is 39.8 Å². The first kappa shape index (κ1) is 26.0. The summed E-state index contributed by atoms with van der Waals surface area (Å²) in [5.74, 6) is -0.997. The van der Waals surface area contributed by atoms with Gasteiger partial charge in [0.2, 0.25) is 6.79 Å². The monoisotopic (exact) mass is 396 g/mol. The zero-order valence-corrected chi connectivity index (χ0v) is 17.9. The van der Waals surface area contributed by atoms with Crippen molar-refractivity contribution in [3.8, 4) is 0 Å². The van der Waals surface area contributed by atoms with Crippen molar-refractivity contribution in [2.45, 2.75) is 41.2 Å². The van der Waals surface area contributed by atoms with E-state index in [1.165, 1.54) is 6.92 Å². The molecule has 2 rings (SSSR count). The van der Waals surface area contributed by atoms with Crippen LogP contribution in [0.15, 0.2) is 24.3 Å². The summed E-state index contributed by atoms with van der Waals surface area (Å²) in [6.07, 6.45) is 0. The van der Waals surface area contributed by atoms with E-state index in [0.29, 0.717) is 5.56 Å². The van der Waals surface area contributed by atoms with Gasteiger partial charge in [0.25, 0.3) is 0 Å². The van der Waals surface area contributed by atoms with E-state index in [-0.39, 0.29) is 13.4 Å². The van der Waals surface area contributed by atoms with Crippen LogP contribution >= 0.6 is 0 Å². The molecule has 0 saturated carbocycles. The highest BCUT2D eigenvalue weighted by molar-refractivity contribution is 5.89. The molecular weight excluding hydrogens is 360 g/mol. The van der Waals surface area contributed by atoms with E-state index in [1.54, 1.807) is 12.1 Å². The highest BCUT2D eigenvalue weighted by Crippen LogP contribution is 2.12. The number of hydrogen-bond acceptors (Lipinski definition) is 7. The zero-order valence-electron chi connectivity index (χ0n) is 17.9. The molecule has 28 heavy (non-hydrogen) atoms. The van der Waals surface area contributed by atoms with E-state index in [2.05, 4.69) is 14.5 Å². The van der Waals surface area contributed by atoms with Crippen LogP contribution in [0.5, 0.6) is 0 Å². The second kappa shape index (κ2) is 16.0. The first-order chi connectivity index (χ1) is 13.6. The van der Waals surface area contributed by atoms with E-state index < -0.39 is 11.9 Å². The smallest absolute Gasteiger partial charge is 0.341 e. The molecule has 1 fully saturated rings. The Morgan fingerprint density at radius 1 is 1.00 bits per heavy atom. The summed E-state index contributed by atoms with van der Waals surface area (Å²) >= 11 is 0. The summed E-state index contributed by atoms with van der Waals surface area (Å²) in [5, 5.41) is 8.97. The molecular formula is C21H36N2O5. The van der Waals surface area contributed by atoms with Crippen LogP contribution in [0.4, 0.5) is 0 Å².